The Morgan fingerprint density at radius 1 is 1.16 bits per heavy atom. The SMILES string of the molecule is Cc1ccc2cc(CN(Cc3nnnn3C[C@@H]3CCCO3)C3CCCC3)c(=O)[nH]c2c1. The average Bonchev–Trinajstić information content (AvgIpc) is 3.52. The number of benzene rings is 1. The predicted octanol–water partition coefficient (Wildman–Crippen LogP) is 2.95. The van der Waals surface area contributed by atoms with Crippen LogP contribution in [0.1, 0.15) is 55.5 Å². The fraction of sp³-hybridized carbons (Fsp3) is 0.565. The number of nitrogens with zero attached hydrogens (tertiary/aromatic N) is 5. The molecule has 8 nitrogen and oxygen atoms in total. The second kappa shape index (κ2) is 8.88. The summed E-state index contributed by atoms with van der Waals surface area (Å²) in [5.41, 5.74) is 2.81. The molecule has 5 rings (SSSR count). The van der Waals surface area contributed by atoms with E-state index in [0.717, 1.165) is 60.1 Å². The summed E-state index contributed by atoms with van der Waals surface area (Å²) < 4.78 is 7.65. The van der Waals surface area contributed by atoms with Crippen LogP contribution in [0.15, 0.2) is 29.1 Å². The van der Waals surface area contributed by atoms with Crippen LogP contribution in [-0.2, 0) is 24.4 Å². The van der Waals surface area contributed by atoms with Crippen LogP contribution in [0.5, 0.6) is 0 Å². The van der Waals surface area contributed by atoms with E-state index >= 15 is 0 Å². The molecule has 1 aliphatic carbocycles. The van der Waals surface area contributed by atoms with Crippen LogP contribution in [-0.4, -0.2) is 48.8 Å². The molecule has 0 unspecified atom stereocenters. The number of nitrogens with one attached hydrogen (secondary N) is 1. The van der Waals surface area contributed by atoms with Crippen LogP contribution in [0.2, 0.25) is 0 Å². The lowest BCUT2D eigenvalue weighted by atomic mass is 10.1. The van der Waals surface area contributed by atoms with E-state index in [9.17, 15) is 4.79 Å². The van der Waals surface area contributed by atoms with Gasteiger partial charge < -0.3 is 9.72 Å². The van der Waals surface area contributed by atoms with Crippen LogP contribution in [0.3, 0.4) is 0 Å². The summed E-state index contributed by atoms with van der Waals surface area (Å²) in [6, 6.07) is 8.66. The number of tetrazole rings is 1. The van der Waals surface area contributed by atoms with Gasteiger partial charge in [0.1, 0.15) is 0 Å². The van der Waals surface area contributed by atoms with Gasteiger partial charge in [-0.15, -0.1) is 5.10 Å². The van der Waals surface area contributed by atoms with E-state index in [1.807, 2.05) is 23.7 Å². The second-order valence-corrected chi connectivity index (χ2v) is 8.97. The normalized spacial score (nSPS) is 19.7. The molecule has 2 aromatic heterocycles. The maximum Gasteiger partial charge on any atom is 0.252 e. The Morgan fingerprint density at radius 2 is 2.03 bits per heavy atom. The zero-order valence-corrected chi connectivity index (χ0v) is 18.1. The Morgan fingerprint density at radius 3 is 2.84 bits per heavy atom. The molecule has 0 amide bonds. The minimum Gasteiger partial charge on any atom is -0.376 e. The number of aromatic nitrogens is 5. The first-order valence-electron chi connectivity index (χ1n) is 11.4. The van der Waals surface area contributed by atoms with Crippen LogP contribution in [0, 0.1) is 6.92 Å². The summed E-state index contributed by atoms with van der Waals surface area (Å²) in [6.07, 6.45) is 7.10. The molecular formula is C23H30N6O2. The third-order valence-electron chi connectivity index (χ3n) is 6.64. The Hall–Kier alpha value is -2.58. The highest BCUT2D eigenvalue weighted by Gasteiger charge is 2.26. The van der Waals surface area contributed by atoms with Gasteiger partial charge in [0.15, 0.2) is 5.82 Å². The standard InChI is InChI=1S/C23H30N6O2/c1-16-8-9-17-12-18(23(30)24-21(17)11-16)13-28(19-5-2-3-6-19)15-22-25-26-27-29(22)14-20-7-4-10-31-20/h8-9,11-12,19-20H,2-7,10,13-15H2,1H3,(H,24,30)/t20-/m0/s1. The van der Waals surface area contributed by atoms with Crippen molar-refractivity contribution in [3.8, 4) is 0 Å². The molecule has 3 heterocycles. The third kappa shape index (κ3) is 4.55. The molecule has 31 heavy (non-hydrogen) atoms. The molecule has 2 fully saturated rings. The minimum absolute atomic E-state index is 0.0138. The molecule has 0 bridgehead atoms. The lowest BCUT2D eigenvalue weighted by Crippen LogP contribution is -2.35. The van der Waals surface area contributed by atoms with E-state index < -0.39 is 0 Å². The molecule has 164 valence electrons. The average molecular weight is 423 g/mol. The van der Waals surface area contributed by atoms with Crippen molar-refractivity contribution in [2.24, 2.45) is 0 Å². The van der Waals surface area contributed by atoms with Gasteiger partial charge in [-0.25, -0.2) is 4.68 Å². The van der Waals surface area contributed by atoms with Gasteiger partial charge in [-0.1, -0.05) is 25.0 Å². The van der Waals surface area contributed by atoms with Gasteiger partial charge in [-0.3, -0.25) is 9.69 Å². The van der Waals surface area contributed by atoms with Crippen LogP contribution < -0.4 is 5.56 Å². The second-order valence-electron chi connectivity index (χ2n) is 8.97. The van der Waals surface area contributed by atoms with E-state index in [1.54, 1.807) is 0 Å². The highest BCUT2D eigenvalue weighted by atomic mass is 16.5. The lowest BCUT2D eigenvalue weighted by Gasteiger charge is -2.28. The maximum absolute atomic E-state index is 12.9. The summed E-state index contributed by atoms with van der Waals surface area (Å²) >= 11 is 0. The smallest absolute Gasteiger partial charge is 0.252 e. The number of aromatic amines is 1. The fourth-order valence-corrected chi connectivity index (χ4v) is 4.92. The third-order valence-corrected chi connectivity index (χ3v) is 6.64. The number of fused-ring (bicyclic) bond motifs is 1. The van der Waals surface area contributed by atoms with Crippen molar-refractivity contribution in [1.29, 1.82) is 0 Å². The Labute approximate surface area is 181 Å². The molecule has 8 heteroatoms. The number of hydrogen-bond acceptors (Lipinski definition) is 6. The zero-order chi connectivity index (χ0) is 21.2. The summed E-state index contributed by atoms with van der Waals surface area (Å²) in [4.78, 5) is 18.3. The first-order valence-corrected chi connectivity index (χ1v) is 11.4. The minimum atomic E-state index is -0.0138. The largest absolute Gasteiger partial charge is 0.376 e. The molecule has 1 atom stereocenters. The number of ether oxygens (including phenoxy) is 1. The van der Waals surface area contributed by atoms with Crippen molar-refractivity contribution in [3.63, 3.8) is 0 Å². The fourth-order valence-electron chi connectivity index (χ4n) is 4.92. The molecule has 2 aliphatic rings. The molecular weight excluding hydrogens is 392 g/mol. The highest BCUT2D eigenvalue weighted by Crippen LogP contribution is 2.26. The van der Waals surface area contributed by atoms with Crippen molar-refractivity contribution < 1.29 is 4.74 Å². The lowest BCUT2D eigenvalue weighted by molar-refractivity contribution is 0.0906. The highest BCUT2D eigenvalue weighted by molar-refractivity contribution is 5.79. The number of rotatable bonds is 7. The maximum atomic E-state index is 12.9. The molecule has 1 aromatic carbocycles. The quantitative estimate of drug-likeness (QED) is 0.630. The Balaban J connectivity index is 1.39. The number of pyridine rings is 1. The number of H-pyrrole nitrogens is 1. The molecule has 1 saturated heterocycles. The monoisotopic (exact) mass is 422 g/mol. The van der Waals surface area contributed by atoms with Crippen molar-refractivity contribution in [3.05, 3.63) is 51.6 Å². The predicted molar refractivity (Wildman–Crippen MR) is 118 cm³/mol. The molecule has 1 aliphatic heterocycles. The van der Waals surface area contributed by atoms with E-state index in [4.69, 9.17) is 4.74 Å². The van der Waals surface area contributed by atoms with E-state index in [-0.39, 0.29) is 11.7 Å². The summed E-state index contributed by atoms with van der Waals surface area (Å²) in [5, 5.41) is 13.5. The van der Waals surface area contributed by atoms with Gasteiger partial charge in [-0.05, 0) is 66.1 Å². The molecule has 1 saturated carbocycles. The van der Waals surface area contributed by atoms with Gasteiger partial charge in [0.05, 0.1) is 19.2 Å². The first-order chi connectivity index (χ1) is 15.2. The summed E-state index contributed by atoms with van der Waals surface area (Å²) in [5.74, 6) is 0.843. The van der Waals surface area contributed by atoms with Gasteiger partial charge in [0, 0.05) is 30.3 Å². The van der Waals surface area contributed by atoms with Crippen LogP contribution >= 0.6 is 0 Å². The summed E-state index contributed by atoms with van der Waals surface area (Å²) in [6.45, 7) is 4.78. The molecule has 0 spiro atoms. The van der Waals surface area contributed by atoms with Crippen LogP contribution in [0.25, 0.3) is 10.9 Å². The number of aryl methyl sites for hydroxylation is 1. The number of hydrogen-bond donors (Lipinski definition) is 1. The van der Waals surface area contributed by atoms with Gasteiger partial charge in [0.2, 0.25) is 0 Å². The van der Waals surface area contributed by atoms with Crippen LogP contribution in [0.4, 0.5) is 0 Å². The Bertz CT molecular complexity index is 1090. The topological polar surface area (TPSA) is 88.9 Å². The van der Waals surface area contributed by atoms with Gasteiger partial charge in [-0.2, -0.15) is 0 Å². The molecule has 0 radical (unpaired) electrons. The van der Waals surface area contributed by atoms with E-state index in [1.165, 1.54) is 12.8 Å². The molecule has 3 aromatic rings. The molecule has 1 N–H and O–H groups in total. The van der Waals surface area contributed by atoms with E-state index in [0.29, 0.717) is 25.7 Å². The van der Waals surface area contributed by atoms with Gasteiger partial charge in [0.25, 0.3) is 5.56 Å². The van der Waals surface area contributed by atoms with Crippen molar-refractivity contribution in [2.75, 3.05) is 6.61 Å². The van der Waals surface area contributed by atoms with Crippen molar-refractivity contribution >= 4 is 10.9 Å². The van der Waals surface area contributed by atoms with Gasteiger partial charge >= 0.3 is 0 Å². The zero-order valence-electron chi connectivity index (χ0n) is 18.1. The Kier molecular flexibility index (Phi) is 5.82. The van der Waals surface area contributed by atoms with E-state index in [2.05, 4.69) is 37.5 Å². The first kappa shape index (κ1) is 20.3. The van der Waals surface area contributed by atoms with Crippen molar-refractivity contribution in [1.82, 2.24) is 30.1 Å². The van der Waals surface area contributed by atoms with Crippen molar-refractivity contribution in [2.45, 2.75) is 77.2 Å². The summed E-state index contributed by atoms with van der Waals surface area (Å²) in [7, 11) is 0.